The van der Waals surface area contributed by atoms with E-state index in [4.69, 9.17) is 0 Å². The maximum atomic E-state index is 12.5. The second-order valence-corrected chi connectivity index (χ2v) is 6.91. The highest BCUT2D eigenvalue weighted by atomic mass is 32.1. The van der Waals surface area contributed by atoms with Crippen molar-refractivity contribution in [3.8, 4) is 5.13 Å². The molecule has 0 saturated carbocycles. The molecule has 0 fully saturated rings. The lowest BCUT2D eigenvalue weighted by atomic mass is 10.1. The van der Waals surface area contributed by atoms with Crippen LogP contribution >= 0.6 is 11.3 Å². The quantitative estimate of drug-likeness (QED) is 0.675. The van der Waals surface area contributed by atoms with Crippen molar-refractivity contribution in [3.05, 3.63) is 41.2 Å². The Bertz CT molecular complexity index is 830. The van der Waals surface area contributed by atoms with Gasteiger partial charge in [0, 0.05) is 13.0 Å². The molecular formula is C17H20N4OS. The predicted octanol–water partition coefficient (Wildman–Crippen LogP) is 3.23. The third-order valence-corrected chi connectivity index (χ3v) is 4.83. The molecule has 0 atom stereocenters. The topological polar surface area (TPSA) is 51.0 Å². The first-order valence-corrected chi connectivity index (χ1v) is 8.39. The summed E-state index contributed by atoms with van der Waals surface area (Å²) in [5.41, 5.74) is 3.32. The smallest absolute Gasteiger partial charge is 0.211 e. The fourth-order valence-corrected chi connectivity index (χ4v) is 3.60. The van der Waals surface area contributed by atoms with Gasteiger partial charge in [-0.25, -0.2) is 9.67 Å². The minimum absolute atomic E-state index is 0.140. The average Bonchev–Trinajstić information content (AvgIpc) is 3.05. The number of thiazole rings is 1. The number of hydrogen-bond donors (Lipinski definition) is 0. The molecule has 0 radical (unpaired) electrons. The lowest BCUT2D eigenvalue weighted by molar-refractivity contribution is 0.0971. The van der Waals surface area contributed by atoms with Gasteiger partial charge in [0.1, 0.15) is 0 Å². The largest absolute Gasteiger partial charge is 0.309 e. The second kappa shape index (κ2) is 6.22. The number of hydrogen-bond acceptors (Lipinski definition) is 5. The summed E-state index contributed by atoms with van der Waals surface area (Å²) in [7, 11) is 3.94. The summed E-state index contributed by atoms with van der Waals surface area (Å²) in [5.74, 6) is 0.140. The first-order valence-electron chi connectivity index (χ1n) is 7.57. The van der Waals surface area contributed by atoms with E-state index in [0.29, 0.717) is 6.42 Å². The molecule has 0 saturated heterocycles. The summed E-state index contributed by atoms with van der Waals surface area (Å²) in [6.07, 6.45) is 0.500. The number of carbonyl (C=O) groups excluding carboxylic acids is 1. The number of carbonyl (C=O) groups is 1. The van der Waals surface area contributed by atoms with Crippen LogP contribution in [0.5, 0.6) is 0 Å². The Morgan fingerprint density at radius 3 is 2.70 bits per heavy atom. The van der Waals surface area contributed by atoms with Gasteiger partial charge in [-0.15, -0.1) is 0 Å². The molecule has 0 spiro atoms. The normalized spacial score (nSPS) is 11.5. The van der Waals surface area contributed by atoms with Crippen molar-refractivity contribution in [3.63, 3.8) is 0 Å². The molecule has 3 aromatic rings. The van der Waals surface area contributed by atoms with E-state index in [-0.39, 0.29) is 5.78 Å². The molecule has 0 aliphatic carbocycles. The molecular weight excluding hydrogens is 308 g/mol. The fraction of sp³-hybridized carbons (Fsp3) is 0.353. The predicted molar refractivity (Wildman–Crippen MR) is 93.7 cm³/mol. The molecule has 6 heteroatoms. The van der Waals surface area contributed by atoms with Crippen LogP contribution in [0.15, 0.2) is 24.3 Å². The molecule has 0 amide bonds. The van der Waals surface area contributed by atoms with Crippen LogP contribution in [-0.2, 0) is 0 Å². The van der Waals surface area contributed by atoms with Crippen molar-refractivity contribution in [2.24, 2.45) is 0 Å². The van der Waals surface area contributed by atoms with Gasteiger partial charge in [-0.1, -0.05) is 23.5 Å². The number of Topliss-reactive ketones (excluding diaryl/α,β-unsaturated/α-hetero) is 1. The Morgan fingerprint density at radius 2 is 2.00 bits per heavy atom. The van der Waals surface area contributed by atoms with E-state index in [1.807, 2.05) is 57.1 Å². The molecule has 23 heavy (non-hydrogen) atoms. The molecule has 120 valence electrons. The lowest BCUT2D eigenvalue weighted by Gasteiger charge is -2.08. The number of benzene rings is 1. The molecule has 2 aromatic heterocycles. The molecule has 0 N–H and O–H groups in total. The summed E-state index contributed by atoms with van der Waals surface area (Å²) in [6, 6.07) is 8.01. The number of aryl methyl sites for hydroxylation is 1. The minimum Gasteiger partial charge on any atom is -0.309 e. The van der Waals surface area contributed by atoms with E-state index >= 15 is 0 Å². The maximum Gasteiger partial charge on any atom is 0.211 e. The molecule has 0 aliphatic rings. The summed E-state index contributed by atoms with van der Waals surface area (Å²) < 4.78 is 2.92. The van der Waals surface area contributed by atoms with Crippen LogP contribution in [0.3, 0.4) is 0 Å². The number of fused-ring (bicyclic) bond motifs is 1. The van der Waals surface area contributed by atoms with Crippen LogP contribution < -0.4 is 0 Å². The number of nitrogens with zero attached hydrogens (tertiary/aromatic N) is 4. The van der Waals surface area contributed by atoms with Crippen LogP contribution in [-0.4, -0.2) is 46.1 Å². The highest BCUT2D eigenvalue weighted by Gasteiger charge is 2.20. The number of aromatic nitrogens is 3. The zero-order chi connectivity index (χ0) is 16.6. The minimum atomic E-state index is 0.140. The molecule has 3 rings (SSSR count). The first kappa shape index (κ1) is 15.8. The molecule has 1 aromatic carbocycles. The standard InChI is InChI=1S/C17H20N4OS/c1-11-16(14(22)9-10-20(3)4)12(2)21(19-11)17-18-13-7-5-6-8-15(13)23-17/h5-8H,9-10H2,1-4H3. The fourth-order valence-electron chi connectivity index (χ4n) is 2.63. The Morgan fingerprint density at radius 1 is 1.26 bits per heavy atom. The van der Waals surface area contributed by atoms with Crippen LogP contribution in [0.4, 0.5) is 0 Å². The van der Waals surface area contributed by atoms with Crippen molar-refractivity contribution < 1.29 is 4.79 Å². The van der Waals surface area contributed by atoms with Crippen LogP contribution in [0, 0.1) is 13.8 Å². The zero-order valence-corrected chi connectivity index (χ0v) is 14.6. The van der Waals surface area contributed by atoms with Crippen molar-refractivity contribution in [1.82, 2.24) is 19.7 Å². The van der Waals surface area contributed by atoms with Crippen molar-refractivity contribution in [2.45, 2.75) is 20.3 Å². The van der Waals surface area contributed by atoms with Crippen molar-refractivity contribution >= 4 is 27.3 Å². The number of para-hydroxylation sites is 1. The SMILES string of the molecule is Cc1nn(-c2nc3ccccc3s2)c(C)c1C(=O)CCN(C)C. The van der Waals surface area contributed by atoms with Crippen LogP contribution in [0.25, 0.3) is 15.3 Å². The van der Waals surface area contributed by atoms with Gasteiger partial charge < -0.3 is 4.90 Å². The van der Waals surface area contributed by atoms with Gasteiger partial charge in [0.25, 0.3) is 0 Å². The second-order valence-electron chi connectivity index (χ2n) is 5.90. The highest BCUT2D eigenvalue weighted by molar-refractivity contribution is 7.20. The summed E-state index contributed by atoms with van der Waals surface area (Å²) in [4.78, 5) is 19.2. The van der Waals surface area contributed by atoms with E-state index in [2.05, 4.69) is 10.1 Å². The summed E-state index contributed by atoms with van der Waals surface area (Å²) in [5, 5.41) is 5.36. The monoisotopic (exact) mass is 328 g/mol. The Labute approximate surface area is 139 Å². The number of rotatable bonds is 5. The Kier molecular flexibility index (Phi) is 4.28. The van der Waals surface area contributed by atoms with Gasteiger partial charge in [0.05, 0.1) is 27.2 Å². The van der Waals surface area contributed by atoms with E-state index in [0.717, 1.165) is 38.8 Å². The maximum absolute atomic E-state index is 12.5. The molecule has 0 aliphatic heterocycles. The third-order valence-electron chi connectivity index (χ3n) is 3.82. The van der Waals surface area contributed by atoms with E-state index in [1.165, 1.54) is 0 Å². The summed E-state index contributed by atoms with van der Waals surface area (Å²) in [6.45, 7) is 4.57. The van der Waals surface area contributed by atoms with Crippen LogP contribution in [0.1, 0.15) is 28.2 Å². The Hall–Kier alpha value is -2.05. The van der Waals surface area contributed by atoms with Crippen LogP contribution in [0.2, 0.25) is 0 Å². The summed E-state index contributed by atoms with van der Waals surface area (Å²) >= 11 is 1.59. The van der Waals surface area contributed by atoms with Gasteiger partial charge in [0.15, 0.2) is 5.78 Å². The number of ketones is 1. The van der Waals surface area contributed by atoms with Gasteiger partial charge in [-0.2, -0.15) is 5.10 Å². The first-order chi connectivity index (χ1) is 11.0. The average molecular weight is 328 g/mol. The van der Waals surface area contributed by atoms with Crippen molar-refractivity contribution in [2.75, 3.05) is 20.6 Å². The highest BCUT2D eigenvalue weighted by Crippen LogP contribution is 2.27. The molecule has 5 nitrogen and oxygen atoms in total. The zero-order valence-electron chi connectivity index (χ0n) is 13.8. The Balaban J connectivity index is 1.98. The van der Waals surface area contributed by atoms with E-state index in [9.17, 15) is 4.79 Å². The molecule has 0 bridgehead atoms. The molecule has 2 heterocycles. The van der Waals surface area contributed by atoms with E-state index < -0.39 is 0 Å². The van der Waals surface area contributed by atoms with Gasteiger partial charge >= 0.3 is 0 Å². The van der Waals surface area contributed by atoms with Gasteiger partial charge in [-0.05, 0) is 40.1 Å². The molecule has 0 unspecified atom stereocenters. The third kappa shape index (κ3) is 3.04. The van der Waals surface area contributed by atoms with E-state index in [1.54, 1.807) is 16.0 Å². The lowest BCUT2D eigenvalue weighted by Crippen LogP contribution is -2.17. The van der Waals surface area contributed by atoms with Gasteiger partial charge in [-0.3, -0.25) is 4.79 Å². The van der Waals surface area contributed by atoms with Gasteiger partial charge in [0.2, 0.25) is 5.13 Å². The van der Waals surface area contributed by atoms with Crippen molar-refractivity contribution in [1.29, 1.82) is 0 Å².